The number of allylic oxidation sites excluding steroid dienone is 6. The molecule has 0 aliphatic carbocycles. The summed E-state index contributed by atoms with van der Waals surface area (Å²) in [7, 11) is 0. The number of aromatic carboxylic acids is 1. The third kappa shape index (κ3) is 40.9. The number of ketones is 3. The van der Waals surface area contributed by atoms with E-state index in [1.807, 2.05) is 0 Å². The fourth-order valence-electron chi connectivity index (χ4n) is 1.45. The molecule has 174 valence electrons. The van der Waals surface area contributed by atoms with Crippen LogP contribution in [-0.2, 0) is 53.3 Å². The summed E-state index contributed by atoms with van der Waals surface area (Å²) in [6.45, 7) is 8.09. The minimum atomic E-state index is -0.896. The van der Waals surface area contributed by atoms with Gasteiger partial charge in [-0.1, -0.05) is 36.7 Å². The molecule has 0 saturated carbocycles. The van der Waals surface area contributed by atoms with Crippen molar-refractivity contribution in [1.29, 1.82) is 0 Å². The molecule has 0 atom stereocenters. The molecule has 1 N–H and O–H groups in total. The second kappa shape index (κ2) is 24.7. The topological polar surface area (TPSA) is 158 Å². The van der Waals surface area contributed by atoms with Crippen LogP contribution in [0.2, 0.25) is 0 Å². The molecule has 33 heavy (non-hydrogen) atoms. The first-order valence-corrected chi connectivity index (χ1v) is 9.44. The first-order chi connectivity index (χ1) is 14.1. The van der Waals surface area contributed by atoms with Crippen molar-refractivity contribution in [2.45, 2.75) is 41.5 Å². The number of carboxylic acids is 1. The molecule has 8 nitrogen and oxygen atoms in total. The van der Waals surface area contributed by atoms with Crippen molar-refractivity contribution in [1.82, 2.24) is 0 Å². The van der Waals surface area contributed by atoms with E-state index in [2.05, 4.69) is 15.9 Å². The van der Waals surface area contributed by atoms with Crippen molar-refractivity contribution in [2.24, 2.45) is 0 Å². The second-order valence-corrected chi connectivity index (χ2v) is 6.82. The van der Waals surface area contributed by atoms with Crippen molar-refractivity contribution in [2.75, 3.05) is 0 Å². The van der Waals surface area contributed by atoms with Gasteiger partial charge in [-0.3, -0.25) is 14.4 Å². The molecule has 0 fully saturated rings. The fourth-order valence-corrected chi connectivity index (χ4v) is 1.72. The van der Waals surface area contributed by atoms with E-state index in [0.717, 1.165) is 22.7 Å². The third-order valence-corrected chi connectivity index (χ3v) is 2.84. The first kappa shape index (κ1) is 41.3. The fraction of sp³-hybridized carbons (Fsp3) is 0.273. The predicted octanol–water partition coefficient (Wildman–Crippen LogP) is 1.66. The summed E-state index contributed by atoms with van der Waals surface area (Å²) < 4.78 is 0.887. The van der Waals surface area contributed by atoms with Gasteiger partial charge in [0.25, 0.3) is 0 Å². The van der Waals surface area contributed by atoms with Gasteiger partial charge in [-0.25, -0.2) is 4.79 Å². The standard InChI is InChI=1S/C7H5BrO2.3C5H8O2.2Zn/c8-6-3-1-5(2-4-6)7(9)10;3*1-4(6)3-5(2)7;;/h1-4H,(H,9,10);3*3,6H,1-2H3;;/q;;;;;+2/p-3/b;3*4-3-;;. The molecule has 0 aliphatic rings. The Balaban J connectivity index is -0.000000105. The zero-order chi connectivity index (χ0) is 25.1. The van der Waals surface area contributed by atoms with E-state index in [1.165, 1.54) is 41.5 Å². The number of carboxylic acid groups (broad SMARTS) is 1. The Hall–Kier alpha value is -1.95. The molecule has 11 heteroatoms. The molecular weight excluding hydrogens is 603 g/mol. The molecule has 1 aromatic carbocycles. The van der Waals surface area contributed by atoms with E-state index in [0.29, 0.717) is 5.56 Å². The molecule has 0 aliphatic heterocycles. The smallest absolute Gasteiger partial charge is 0.876 e. The zero-order valence-corrected chi connectivity index (χ0v) is 27.2. The Labute approximate surface area is 228 Å². The Morgan fingerprint density at radius 3 is 1.06 bits per heavy atom. The van der Waals surface area contributed by atoms with Gasteiger partial charge in [0.15, 0.2) is 17.3 Å². The number of hydrogen-bond donors (Lipinski definition) is 1. The maximum Gasteiger partial charge on any atom is 2.00 e. The Morgan fingerprint density at radius 1 is 0.697 bits per heavy atom. The van der Waals surface area contributed by atoms with Crippen LogP contribution in [0.15, 0.2) is 64.2 Å². The van der Waals surface area contributed by atoms with Crippen LogP contribution in [0.3, 0.4) is 0 Å². The zero-order valence-electron chi connectivity index (χ0n) is 19.6. The summed E-state index contributed by atoms with van der Waals surface area (Å²) in [4.78, 5) is 40.2. The van der Waals surface area contributed by atoms with Crippen molar-refractivity contribution in [3.8, 4) is 0 Å². The van der Waals surface area contributed by atoms with Crippen molar-refractivity contribution in [3.63, 3.8) is 0 Å². The number of hydrogen-bond acceptors (Lipinski definition) is 7. The molecular formula is C22H26BrO8Zn2-. The number of carbonyl (C=O) groups is 4. The molecule has 0 unspecified atom stereocenters. The molecule has 1 aromatic rings. The van der Waals surface area contributed by atoms with Gasteiger partial charge in [-0.05, 0) is 63.3 Å². The normalized spacial score (nSPS) is 10.1. The minimum absolute atomic E-state index is 0. The molecule has 0 aromatic heterocycles. The van der Waals surface area contributed by atoms with Crippen LogP contribution in [0, 0.1) is 0 Å². The summed E-state index contributed by atoms with van der Waals surface area (Å²) in [5, 5.41) is 38.4. The minimum Gasteiger partial charge on any atom is -0.876 e. The second-order valence-electron chi connectivity index (χ2n) is 5.91. The Kier molecular flexibility index (Phi) is 30.9. The molecule has 0 heterocycles. The predicted molar refractivity (Wildman–Crippen MR) is 114 cm³/mol. The quantitative estimate of drug-likeness (QED) is 0.300. The molecule has 0 radical (unpaired) electrons. The van der Waals surface area contributed by atoms with Crippen LogP contribution >= 0.6 is 15.9 Å². The monoisotopic (exact) mass is 625 g/mol. The van der Waals surface area contributed by atoms with Crippen molar-refractivity contribution >= 4 is 39.2 Å². The van der Waals surface area contributed by atoms with Gasteiger partial charge in [0.1, 0.15) is 0 Å². The molecule has 1 rings (SSSR count). The van der Waals surface area contributed by atoms with Crippen LogP contribution in [0.1, 0.15) is 51.9 Å². The Bertz CT molecular complexity index is 751. The summed E-state index contributed by atoms with van der Waals surface area (Å²) in [6.07, 6.45) is 3.17. The number of rotatable bonds is 4. The summed E-state index contributed by atoms with van der Waals surface area (Å²) in [5.41, 5.74) is 0.309. The van der Waals surface area contributed by atoms with Gasteiger partial charge in [0.2, 0.25) is 0 Å². The van der Waals surface area contributed by atoms with Gasteiger partial charge >= 0.3 is 25.4 Å². The van der Waals surface area contributed by atoms with E-state index >= 15 is 0 Å². The van der Waals surface area contributed by atoms with Gasteiger partial charge in [0, 0.05) is 24.0 Å². The van der Waals surface area contributed by atoms with E-state index in [-0.39, 0.29) is 73.6 Å². The van der Waals surface area contributed by atoms with Gasteiger partial charge in [-0.15, -0.1) is 17.3 Å². The SMILES string of the molecule is CC(=O)/C=C(/C)[O-].CC(=O)/C=C(/C)[O-].CC(=O)/C=C(/C)[O-].O=C(O)c1ccc(Br)cc1.[Zn+2].[Zn]. The summed E-state index contributed by atoms with van der Waals surface area (Å²) in [5.74, 6) is -2.02. The Morgan fingerprint density at radius 2 is 0.939 bits per heavy atom. The molecule has 0 saturated heterocycles. The average molecular weight is 629 g/mol. The maximum atomic E-state index is 10.3. The molecule has 0 bridgehead atoms. The van der Waals surface area contributed by atoms with E-state index in [1.54, 1.807) is 24.3 Å². The van der Waals surface area contributed by atoms with Crippen LogP contribution in [0.5, 0.6) is 0 Å². The van der Waals surface area contributed by atoms with Crippen molar-refractivity contribution in [3.05, 3.63) is 69.8 Å². The maximum absolute atomic E-state index is 10.3. The number of benzene rings is 1. The molecule has 0 spiro atoms. The van der Waals surface area contributed by atoms with Crippen LogP contribution in [-0.4, -0.2) is 28.4 Å². The van der Waals surface area contributed by atoms with Crippen molar-refractivity contribution < 1.29 is 78.6 Å². The van der Waals surface area contributed by atoms with Crippen LogP contribution in [0.25, 0.3) is 0 Å². The first-order valence-electron chi connectivity index (χ1n) is 8.64. The van der Waals surface area contributed by atoms with E-state index in [9.17, 15) is 34.5 Å². The largest absolute Gasteiger partial charge is 2.00 e. The average Bonchev–Trinajstić information content (AvgIpc) is 2.52. The van der Waals surface area contributed by atoms with Gasteiger partial charge in [0.05, 0.1) is 5.56 Å². The molecule has 0 amide bonds. The van der Waals surface area contributed by atoms with Crippen LogP contribution < -0.4 is 15.3 Å². The summed E-state index contributed by atoms with van der Waals surface area (Å²) in [6, 6.07) is 6.49. The number of carbonyl (C=O) groups excluding carboxylic acids is 3. The van der Waals surface area contributed by atoms with Gasteiger partial charge < -0.3 is 20.4 Å². The van der Waals surface area contributed by atoms with Gasteiger partial charge in [-0.2, -0.15) is 0 Å². The van der Waals surface area contributed by atoms with E-state index in [4.69, 9.17) is 5.11 Å². The van der Waals surface area contributed by atoms with E-state index < -0.39 is 5.97 Å². The third-order valence-electron chi connectivity index (χ3n) is 2.31. The summed E-state index contributed by atoms with van der Waals surface area (Å²) >= 11 is 3.20. The van der Waals surface area contributed by atoms with Crippen LogP contribution in [0.4, 0.5) is 0 Å². The number of halogens is 1.